The van der Waals surface area contributed by atoms with E-state index in [2.05, 4.69) is 55.1 Å². The molecule has 1 aromatic rings. The van der Waals surface area contributed by atoms with Gasteiger partial charge in [-0.05, 0) is 49.9 Å². The second kappa shape index (κ2) is 11.0. The van der Waals surface area contributed by atoms with Crippen molar-refractivity contribution in [3.8, 4) is 5.75 Å². The molecule has 2 fully saturated rings. The summed E-state index contributed by atoms with van der Waals surface area (Å²) in [5, 5.41) is 3.24. The van der Waals surface area contributed by atoms with Gasteiger partial charge < -0.3 is 15.0 Å². The first-order valence-electron chi connectivity index (χ1n) is 11.7. The Hall–Kier alpha value is -1.30. The van der Waals surface area contributed by atoms with E-state index in [4.69, 9.17) is 4.74 Å². The lowest BCUT2D eigenvalue weighted by Crippen LogP contribution is -2.62. The number of piperazine rings is 1. The number of likely N-dealkylation sites (N-methyl/N-ethyl adjacent to an activating group) is 1. The van der Waals surface area contributed by atoms with Gasteiger partial charge in [0.2, 0.25) is 0 Å². The summed E-state index contributed by atoms with van der Waals surface area (Å²) >= 11 is 0. The first-order valence-corrected chi connectivity index (χ1v) is 11.7. The molecule has 0 aromatic heterocycles. The zero-order valence-corrected chi connectivity index (χ0v) is 20.9. The molecule has 1 N–H and O–H groups in total. The van der Waals surface area contributed by atoms with Crippen LogP contribution >= 0.6 is 12.4 Å². The molecule has 1 aliphatic heterocycles. The number of nitrogens with zero attached hydrogens (tertiary/aromatic N) is 2. The highest BCUT2D eigenvalue weighted by molar-refractivity contribution is 5.85. The maximum atomic E-state index is 12.8. The number of hydrogen-bond acceptors (Lipinski definition) is 4. The van der Waals surface area contributed by atoms with Crippen LogP contribution in [0.5, 0.6) is 5.75 Å². The van der Waals surface area contributed by atoms with Gasteiger partial charge in [0.1, 0.15) is 5.75 Å². The minimum Gasteiger partial charge on any atom is -0.481 e. The van der Waals surface area contributed by atoms with Crippen molar-refractivity contribution in [2.75, 3.05) is 39.8 Å². The monoisotopic (exact) mass is 451 g/mol. The minimum absolute atomic E-state index is 0. The average Bonchev–Trinajstić information content (AvgIpc) is 2.73. The summed E-state index contributed by atoms with van der Waals surface area (Å²) in [6, 6.07) is 8.11. The summed E-state index contributed by atoms with van der Waals surface area (Å²) < 4.78 is 5.94. The van der Waals surface area contributed by atoms with E-state index < -0.39 is 6.10 Å². The van der Waals surface area contributed by atoms with E-state index >= 15 is 0 Å². The first-order chi connectivity index (χ1) is 14.2. The van der Waals surface area contributed by atoms with Crippen LogP contribution in [0, 0.1) is 0 Å². The second-order valence-corrected chi connectivity index (χ2v) is 10.3. The van der Waals surface area contributed by atoms with E-state index in [0.717, 1.165) is 38.5 Å². The lowest BCUT2D eigenvalue weighted by molar-refractivity contribution is -0.128. The fourth-order valence-electron chi connectivity index (χ4n) is 4.78. The Morgan fingerprint density at radius 3 is 2.19 bits per heavy atom. The largest absolute Gasteiger partial charge is 0.481 e. The molecule has 1 aromatic carbocycles. The van der Waals surface area contributed by atoms with Gasteiger partial charge in [-0.1, -0.05) is 52.2 Å². The highest BCUT2D eigenvalue weighted by Gasteiger charge is 2.39. The molecule has 0 bridgehead atoms. The van der Waals surface area contributed by atoms with Crippen LogP contribution in [0.4, 0.5) is 0 Å². The quantitative estimate of drug-likeness (QED) is 0.702. The lowest BCUT2D eigenvalue weighted by atomic mass is 9.79. The Balaban J connectivity index is 0.00000341. The maximum Gasteiger partial charge on any atom is 0.260 e. The normalized spacial score (nSPS) is 21.1. The zero-order valence-electron chi connectivity index (χ0n) is 20.1. The number of hydrogen-bond donors (Lipinski definition) is 1. The van der Waals surface area contributed by atoms with Crippen molar-refractivity contribution in [2.24, 2.45) is 0 Å². The molecule has 2 aliphatic rings. The Morgan fingerprint density at radius 2 is 1.65 bits per heavy atom. The smallest absolute Gasteiger partial charge is 0.260 e. The summed E-state index contributed by atoms with van der Waals surface area (Å²) in [5.41, 5.74) is 1.49. The molecule has 6 heteroatoms. The fourth-order valence-corrected chi connectivity index (χ4v) is 4.78. The molecular formula is C25H42ClN3O2. The SMILES string of the molecule is CC(Oc1ccc(C(C)(C)C)cc1)C(=O)NCC1(N2CCN(C)CC2)CCCCC1.Cl. The summed E-state index contributed by atoms with van der Waals surface area (Å²) in [5.74, 6) is 0.728. The van der Waals surface area contributed by atoms with Crippen molar-refractivity contribution in [1.82, 2.24) is 15.1 Å². The van der Waals surface area contributed by atoms with Crippen molar-refractivity contribution in [2.45, 2.75) is 76.9 Å². The number of ether oxygens (including phenoxy) is 1. The average molecular weight is 452 g/mol. The molecule has 1 saturated heterocycles. The van der Waals surface area contributed by atoms with Crippen molar-refractivity contribution in [3.05, 3.63) is 29.8 Å². The van der Waals surface area contributed by atoms with Gasteiger partial charge in [-0.2, -0.15) is 0 Å². The third-order valence-corrected chi connectivity index (χ3v) is 6.95. The number of carbonyl (C=O) groups is 1. The van der Waals surface area contributed by atoms with Gasteiger partial charge in [-0.3, -0.25) is 9.69 Å². The highest BCUT2D eigenvalue weighted by atomic mass is 35.5. The maximum absolute atomic E-state index is 12.8. The molecule has 1 aliphatic carbocycles. The van der Waals surface area contributed by atoms with Gasteiger partial charge in [0.25, 0.3) is 5.91 Å². The van der Waals surface area contributed by atoms with Crippen LogP contribution in [0.2, 0.25) is 0 Å². The van der Waals surface area contributed by atoms with E-state index in [1.807, 2.05) is 19.1 Å². The molecule has 0 spiro atoms. The molecule has 1 heterocycles. The van der Waals surface area contributed by atoms with Crippen molar-refractivity contribution in [1.29, 1.82) is 0 Å². The van der Waals surface area contributed by atoms with Crippen LogP contribution in [-0.4, -0.2) is 67.1 Å². The van der Waals surface area contributed by atoms with E-state index in [9.17, 15) is 4.79 Å². The molecule has 31 heavy (non-hydrogen) atoms. The lowest BCUT2D eigenvalue weighted by Gasteiger charge is -2.49. The number of benzene rings is 1. The number of halogens is 1. The van der Waals surface area contributed by atoms with Gasteiger partial charge in [0.15, 0.2) is 6.10 Å². The van der Waals surface area contributed by atoms with Crippen LogP contribution in [0.1, 0.15) is 65.4 Å². The van der Waals surface area contributed by atoms with Crippen LogP contribution in [0.15, 0.2) is 24.3 Å². The number of rotatable bonds is 6. The predicted molar refractivity (Wildman–Crippen MR) is 130 cm³/mol. The number of nitrogens with one attached hydrogen (secondary N) is 1. The van der Waals surface area contributed by atoms with Crippen LogP contribution < -0.4 is 10.1 Å². The minimum atomic E-state index is -0.501. The van der Waals surface area contributed by atoms with Crippen molar-refractivity contribution in [3.63, 3.8) is 0 Å². The third-order valence-electron chi connectivity index (χ3n) is 6.95. The summed E-state index contributed by atoms with van der Waals surface area (Å²) in [6.07, 6.45) is 5.69. The van der Waals surface area contributed by atoms with Gasteiger partial charge in [0.05, 0.1) is 0 Å². The van der Waals surface area contributed by atoms with Crippen molar-refractivity contribution >= 4 is 18.3 Å². The molecular weight excluding hydrogens is 410 g/mol. The molecule has 176 valence electrons. The van der Waals surface area contributed by atoms with Gasteiger partial charge in [-0.25, -0.2) is 0 Å². The van der Waals surface area contributed by atoms with Crippen LogP contribution in [0.25, 0.3) is 0 Å². The van der Waals surface area contributed by atoms with Crippen LogP contribution in [0.3, 0.4) is 0 Å². The van der Waals surface area contributed by atoms with E-state index in [1.165, 1.54) is 37.7 Å². The first kappa shape index (κ1) is 26.0. The van der Waals surface area contributed by atoms with Crippen LogP contribution in [-0.2, 0) is 10.2 Å². The zero-order chi connectivity index (χ0) is 21.8. The summed E-state index contributed by atoms with van der Waals surface area (Å²) in [4.78, 5) is 17.9. The van der Waals surface area contributed by atoms with E-state index in [0.29, 0.717) is 0 Å². The molecule has 1 amide bonds. The molecule has 1 atom stereocenters. The molecule has 1 unspecified atom stereocenters. The standard InChI is InChI=1S/C25H41N3O2.ClH/c1-20(30-22-11-9-21(10-12-22)24(2,3)4)23(29)26-19-25(13-7-6-8-14-25)28-17-15-27(5)16-18-28;/h9-12,20H,6-8,13-19H2,1-5H3,(H,26,29);1H. The second-order valence-electron chi connectivity index (χ2n) is 10.3. The molecule has 5 nitrogen and oxygen atoms in total. The number of carbonyl (C=O) groups excluding carboxylic acids is 1. The highest BCUT2D eigenvalue weighted by Crippen LogP contribution is 2.34. The van der Waals surface area contributed by atoms with Gasteiger partial charge in [0, 0.05) is 38.3 Å². The Bertz CT molecular complexity index is 688. The summed E-state index contributed by atoms with van der Waals surface area (Å²) in [7, 11) is 2.19. The molecule has 3 rings (SSSR count). The van der Waals surface area contributed by atoms with Gasteiger partial charge >= 0.3 is 0 Å². The van der Waals surface area contributed by atoms with Crippen molar-refractivity contribution < 1.29 is 9.53 Å². The van der Waals surface area contributed by atoms with E-state index in [1.54, 1.807) is 0 Å². The molecule has 0 radical (unpaired) electrons. The fraction of sp³-hybridized carbons (Fsp3) is 0.720. The third kappa shape index (κ3) is 6.84. The Labute approximate surface area is 195 Å². The summed E-state index contributed by atoms with van der Waals surface area (Å²) in [6.45, 7) is 13.6. The predicted octanol–water partition coefficient (Wildman–Crippen LogP) is 4.24. The number of amides is 1. The van der Waals surface area contributed by atoms with E-state index in [-0.39, 0.29) is 29.3 Å². The Kier molecular flexibility index (Phi) is 9.23. The Morgan fingerprint density at radius 1 is 1.06 bits per heavy atom. The van der Waals surface area contributed by atoms with Gasteiger partial charge in [-0.15, -0.1) is 12.4 Å². The topological polar surface area (TPSA) is 44.8 Å². The molecule has 1 saturated carbocycles.